The Labute approximate surface area is 190 Å². The van der Waals surface area contributed by atoms with Crippen molar-refractivity contribution in [3.8, 4) is 5.69 Å². The second-order valence-corrected chi connectivity index (χ2v) is 6.78. The van der Waals surface area contributed by atoms with Gasteiger partial charge >= 0.3 is 0 Å². The Bertz CT molecular complexity index is 888. The van der Waals surface area contributed by atoms with Crippen molar-refractivity contribution in [3.05, 3.63) is 78.1 Å². The Hall–Kier alpha value is -2.55. The third-order valence-electron chi connectivity index (χ3n) is 4.52. The molecule has 0 atom stereocenters. The summed E-state index contributed by atoms with van der Waals surface area (Å²) in [5.41, 5.74) is 4.76. The molecule has 0 aliphatic carbocycles. The van der Waals surface area contributed by atoms with Gasteiger partial charge in [0, 0.05) is 52.3 Å². The maximum Gasteiger partial charge on any atom is 0.191 e. The van der Waals surface area contributed by atoms with E-state index in [9.17, 15) is 0 Å². The highest BCUT2D eigenvalue weighted by atomic mass is 127. The van der Waals surface area contributed by atoms with E-state index in [1.165, 1.54) is 16.8 Å². The molecule has 0 fully saturated rings. The van der Waals surface area contributed by atoms with Crippen LogP contribution in [0.2, 0.25) is 0 Å². The van der Waals surface area contributed by atoms with E-state index in [0.717, 1.165) is 31.2 Å². The second-order valence-electron chi connectivity index (χ2n) is 6.78. The normalized spacial score (nSPS) is 10.9. The number of guanidine groups is 1. The maximum absolute atomic E-state index is 4.31. The first-order chi connectivity index (χ1) is 13.7. The molecule has 2 aromatic carbocycles. The van der Waals surface area contributed by atoms with Crippen molar-refractivity contribution in [2.75, 3.05) is 32.6 Å². The summed E-state index contributed by atoms with van der Waals surface area (Å²) in [6, 6.07) is 18.9. The predicted molar refractivity (Wildman–Crippen MR) is 132 cm³/mol. The molecule has 0 bridgehead atoms. The first-order valence-corrected chi connectivity index (χ1v) is 9.45. The van der Waals surface area contributed by atoms with Gasteiger partial charge in [0.25, 0.3) is 0 Å². The molecule has 7 heteroatoms. The van der Waals surface area contributed by atoms with Crippen molar-refractivity contribution in [2.24, 2.45) is 4.99 Å². The first-order valence-electron chi connectivity index (χ1n) is 9.45. The fourth-order valence-corrected chi connectivity index (χ4v) is 2.91. The molecule has 0 saturated carbocycles. The van der Waals surface area contributed by atoms with E-state index in [0.29, 0.717) is 0 Å². The fourth-order valence-electron chi connectivity index (χ4n) is 2.91. The highest BCUT2D eigenvalue weighted by molar-refractivity contribution is 14.0. The van der Waals surface area contributed by atoms with Crippen molar-refractivity contribution in [1.82, 2.24) is 20.4 Å². The van der Waals surface area contributed by atoms with E-state index in [-0.39, 0.29) is 24.0 Å². The molecule has 0 aliphatic heterocycles. The van der Waals surface area contributed by atoms with E-state index >= 15 is 0 Å². The number of benzene rings is 2. The molecular weight excluding hydrogens is 475 g/mol. The van der Waals surface area contributed by atoms with E-state index in [4.69, 9.17) is 0 Å². The molecular formula is C22H29IN6. The SMILES string of the molecule is CN=C(NCCc1ccc(-n2cccn2)cc1)NCc1cccc(N(C)C)c1.I. The molecule has 3 rings (SSSR count). The average Bonchev–Trinajstić information content (AvgIpc) is 3.26. The molecule has 2 N–H and O–H groups in total. The van der Waals surface area contributed by atoms with Crippen LogP contribution in [0.25, 0.3) is 5.69 Å². The predicted octanol–water partition coefficient (Wildman–Crippen LogP) is 3.46. The zero-order valence-corrected chi connectivity index (χ0v) is 19.5. The fraction of sp³-hybridized carbons (Fsp3) is 0.273. The first kappa shape index (κ1) is 22.7. The maximum atomic E-state index is 4.31. The van der Waals surface area contributed by atoms with Crippen molar-refractivity contribution >= 4 is 35.6 Å². The number of hydrogen-bond acceptors (Lipinski definition) is 3. The molecule has 29 heavy (non-hydrogen) atoms. The monoisotopic (exact) mass is 504 g/mol. The summed E-state index contributed by atoms with van der Waals surface area (Å²) >= 11 is 0. The lowest BCUT2D eigenvalue weighted by Gasteiger charge is -2.15. The summed E-state index contributed by atoms with van der Waals surface area (Å²) in [6.07, 6.45) is 4.66. The van der Waals surface area contributed by atoms with Crippen LogP contribution >= 0.6 is 24.0 Å². The van der Waals surface area contributed by atoms with Crippen LogP contribution in [-0.2, 0) is 13.0 Å². The molecule has 1 heterocycles. The van der Waals surface area contributed by atoms with Gasteiger partial charge in [-0.2, -0.15) is 5.10 Å². The number of nitrogens with zero attached hydrogens (tertiary/aromatic N) is 4. The van der Waals surface area contributed by atoms with Crippen molar-refractivity contribution < 1.29 is 0 Å². The third-order valence-corrected chi connectivity index (χ3v) is 4.52. The van der Waals surface area contributed by atoms with Crippen molar-refractivity contribution in [3.63, 3.8) is 0 Å². The van der Waals surface area contributed by atoms with Crippen LogP contribution in [0.3, 0.4) is 0 Å². The number of halogens is 1. The second kappa shape index (κ2) is 11.5. The van der Waals surface area contributed by atoms with Gasteiger partial charge < -0.3 is 15.5 Å². The molecule has 0 aliphatic rings. The lowest BCUT2D eigenvalue weighted by Crippen LogP contribution is -2.37. The Morgan fingerprint density at radius 1 is 1.03 bits per heavy atom. The largest absolute Gasteiger partial charge is 0.378 e. The van der Waals surface area contributed by atoms with Gasteiger partial charge in [-0.3, -0.25) is 4.99 Å². The van der Waals surface area contributed by atoms with E-state index in [1.807, 2.05) is 16.9 Å². The van der Waals surface area contributed by atoms with Gasteiger partial charge in [-0.05, 0) is 47.9 Å². The van der Waals surface area contributed by atoms with E-state index in [2.05, 4.69) is 88.3 Å². The zero-order valence-electron chi connectivity index (χ0n) is 17.2. The number of aromatic nitrogens is 2. The number of rotatable bonds is 7. The van der Waals surface area contributed by atoms with Crippen LogP contribution in [0.4, 0.5) is 5.69 Å². The quantitative estimate of drug-likeness (QED) is 0.294. The van der Waals surface area contributed by atoms with Crippen molar-refractivity contribution in [2.45, 2.75) is 13.0 Å². The summed E-state index contributed by atoms with van der Waals surface area (Å²) < 4.78 is 1.86. The molecule has 0 amide bonds. The summed E-state index contributed by atoms with van der Waals surface area (Å²) in [5, 5.41) is 11.0. The highest BCUT2D eigenvalue weighted by Crippen LogP contribution is 2.13. The van der Waals surface area contributed by atoms with E-state index < -0.39 is 0 Å². The van der Waals surface area contributed by atoms with Crippen LogP contribution < -0.4 is 15.5 Å². The van der Waals surface area contributed by atoms with Gasteiger partial charge in [-0.15, -0.1) is 24.0 Å². The van der Waals surface area contributed by atoms with Gasteiger partial charge in [0.15, 0.2) is 5.96 Å². The molecule has 0 unspecified atom stereocenters. The minimum Gasteiger partial charge on any atom is -0.378 e. The molecule has 6 nitrogen and oxygen atoms in total. The number of anilines is 1. The summed E-state index contributed by atoms with van der Waals surface area (Å²) in [5.74, 6) is 0.809. The minimum absolute atomic E-state index is 0. The van der Waals surface area contributed by atoms with Crippen LogP contribution in [0.15, 0.2) is 72.0 Å². The van der Waals surface area contributed by atoms with E-state index in [1.54, 1.807) is 13.2 Å². The Morgan fingerprint density at radius 3 is 2.48 bits per heavy atom. The Kier molecular flexibility index (Phi) is 8.98. The number of aliphatic imine (C=N–C) groups is 1. The Morgan fingerprint density at radius 2 is 1.83 bits per heavy atom. The average molecular weight is 504 g/mol. The van der Waals surface area contributed by atoms with Gasteiger partial charge in [0.2, 0.25) is 0 Å². The molecule has 3 aromatic rings. The smallest absolute Gasteiger partial charge is 0.191 e. The highest BCUT2D eigenvalue weighted by Gasteiger charge is 2.02. The summed E-state index contributed by atoms with van der Waals surface area (Å²) in [7, 11) is 5.90. The van der Waals surface area contributed by atoms with Crippen LogP contribution in [0.5, 0.6) is 0 Å². The lowest BCUT2D eigenvalue weighted by molar-refractivity contribution is 0.794. The molecule has 154 valence electrons. The molecule has 0 spiro atoms. The molecule has 0 saturated heterocycles. The van der Waals surface area contributed by atoms with Gasteiger partial charge in [0.05, 0.1) is 5.69 Å². The topological polar surface area (TPSA) is 57.5 Å². The zero-order chi connectivity index (χ0) is 19.8. The van der Waals surface area contributed by atoms with Crippen LogP contribution in [-0.4, -0.2) is 43.4 Å². The third kappa shape index (κ3) is 6.77. The van der Waals surface area contributed by atoms with Crippen LogP contribution in [0.1, 0.15) is 11.1 Å². The van der Waals surface area contributed by atoms with Crippen LogP contribution in [0, 0.1) is 0 Å². The van der Waals surface area contributed by atoms with Gasteiger partial charge in [0.1, 0.15) is 0 Å². The number of nitrogens with one attached hydrogen (secondary N) is 2. The Balaban J connectivity index is 0.00000300. The van der Waals surface area contributed by atoms with Gasteiger partial charge in [-0.1, -0.05) is 24.3 Å². The molecule has 1 aromatic heterocycles. The van der Waals surface area contributed by atoms with Crippen molar-refractivity contribution in [1.29, 1.82) is 0 Å². The van der Waals surface area contributed by atoms with Gasteiger partial charge in [-0.25, -0.2) is 4.68 Å². The standard InChI is InChI=1S/C22H28N6.HI/c1-23-22(25-17-19-6-4-7-21(16-19)27(2)3)24-14-12-18-8-10-20(11-9-18)28-15-5-13-26-28;/h4-11,13,15-16H,12,14,17H2,1-3H3,(H2,23,24,25);1H. The number of hydrogen-bond donors (Lipinski definition) is 2. The lowest BCUT2D eigenvalue weighted by atomic mass is 10.1. The summed E-state index contributed by atoms with van der Waals surface area (Å²) in [6.45, 7) is 1.55. The summed E-state index contributed by atoms with van der Waals surface area (Å²) in [4.78, 5) is 6.42. The molecule has 0 radical (unpaired) electrons. The minimum atomic E-state index is 0.